The average molecular weight is 373 g/mol. The molecule has 1 aromatic carbocycles. The van der Waals surface area contributed by atoms with Gasteiger partial charge >= 0.3 is 0 Å². The van der Waals surface area contributed by atoms with E-state index in [2.05, 4.69) is 16.9 Å². The molecule has 1 N–H and O–H groups in total. The van der Waals surface area contributed by atoms with Crippen molar-refractivity contribution in [1.29, 1.82) is 0 Å². The zero-order chi connectivity index (χ0) is 18.5. The first-order valence-corrected chi connectivity index (χ1v) is 9.64. The van der Waals surface area contributed by atoms with Crippen LogP contribution in [0.3, 0.4) is 0 Å². The fourth-order valence-electron chi connectivity index (χ4n) is 2.90. The molecule has 2 atom stereocenters. The van der Waals surface area contributed by atoms with Gasteiger partial charge in [-0.15, -0.1) is 6.58 Å². The number of hydrogen-bond acceptors (Lipinski definition) is 5. The van der Waals surface area contributed by atoms with Gasteiger partial charge in [0.05, 0.1) is 22.3 Å². The molecule has 26 heavy (non-hydrogen) atoms. The van der Waals surface area contributed by atoms with Crippen LogP contribution in [0, 0.1) is 0 Å². The van der Waals surface area contributed by atoms with Crippen molar-refractivity contribution in [2.75, 3.05) is 13.2 Å². The van der Waals surface area contributed by atoms with E-state index in [1.54, 1.807) is 22.8 Å². The van der Waals surface area contributed by atoms with Crippen LogP contribution in [0.5, 0.6) is 0 Å². The number of aromatic nitrogens is 2. The van der Waals surface area contributed by atoms with Crippen molar-refractivity contribution in [3.63, 3.8) is 0 Å². The zero-order valence-electron chi connectivity index (χ0n) is 14.8. The summed E-state index contributed by atoms with van der Waals surface area (Å²) in [6.07, 6.45) is 3.78. The molecule has 2 heterocycles. The van der Waals surface area contributed by atoms with Crippen LogP contribution in [0.2, 0.25) is 0 Å². The third kappa shape index (κ3) is 4.16. The van der Waals surface area contributed by atoms with Crippen LogP contribution in [0.25, 0.3) is 10.9 Å². The maximum absolute atomic E-state index is 12.7. The van der Waals surface area contributed by atoms with Crippen molar-refractivity contribution in [1.82, 2.24) is 14.9 Å². The van der Waals surface area contributed by atoms with E-state index < -0.39 is 0 Å². The first kappa shape index (κ1) is 18.7. The Morgan fingerprint density at radius 1 is 1.54 bits per heavy atom. The average Bonchev–Trinajstić information content (AvgIpc) is 3.16. The van der Waals surface area contributed by atoms with Crippen LogP contribution in [0.1, 0.15) is 19.8 Å². The van der Waals surface area contributed by atoms with E-state index in [-0.39, 0.29) is 22.8 Å². The van der Waals surface area contributed by atoms with E-state index in [1.165, 1.54) is 11.8 Å². The highest BCUT2D eigenvalue weighted by Crippen LogP contribution is 2.23. The fraction of sp³-hybridized carbons (Fsp3) is 0.421. The van der Waals surface area contributed by atoms with Gasteiger partial charge in [-0.25, -0.2) is 4.98 Å². The predicted octanol–water partition coefficient (Wildman–Crippen LogP) is 2.36. The predicted molar refractivity (Wildman–Crippen MR) is 104 cm³/mol. The number of benzene rings is 1. The smallest absolute Gasteiger partial charge is 0.262 e. The minimum absolute atomic E-state index is 0.0851. The Balaban J connectivity index is 1.77. The molecule has 0 unspecified atom stereocenters. The first-order valence-electron chi connectivity index (χ1n) is 8.76. The Hall–Kier alpha value is -2.12. The number of hydrogen-bond donors (Lipinski definition) is 1. The molecule has 1 amide bonds. The molecule has 6 nitrogen and oxygen atoms in total. The number of amides is 1. The lowest BCUT2D eigenvalue weighted by Gasteiger charge is -2.16. The number of nitrogens with zero attached hydrogens (tertiary/aromatic N) is 2. The molecule has 1 aliphatic rings. The van der Waals surface area contributed by atoms with Gasteiger partial charge in [0.2, 0.25) is 5.91 Å². The molecule has 1 saturated heterocycles. The Kier molecular flexibility index (Phi) is 6.11. The second kappa shape index (κ2) is 8.51. The summed E-state index contributed by atoms with van der Waals surface area (Å²) in [4.78, 5) is 29.7. The highest BCUT2D eigenvalue weighted by molar-refractivity contribution is 8.00. The summed E-state index contributed by atoms with van der Waals surface area (Å²) in [5.41, 5.74) is 0.511. The van der Waals surface area contributed by atoms with Gasteiger partial charge in [-0.1, -0.05) is 30.0 Å². The molecule has 2 aromatic rings. The molecule has 138 valence electrons. The molecule has 1 aliphatic heterocycles. The van der Waals surface area contributed by atoms with Crippen molar-refractivity contribution in [2.24, 2.45) is 0 Å². The van der Waals surface area contributed by atoms with Crippen LogP contribution in [-0.4, -0.2) is 40.0 Å². The van der Waals surface area contributed by atoms with E-state index in [1.807, 2.05) is 19.1 Å². The summed E-state index contributed by atoms with van der Waals surface area (Å²) in [5, 5.41) is 3.64. The zero-order valence-corrected chi connectivity index (χ0v) is 15.6. The van der Waals surface area contributed by atoms with Gasteiger partial charge in [0.15, 0.2) is 5.16 Å². The lowest BCUT2D eigenvalue weighted by Crippen LogP contribution is -2.37. The van der Waals surface area contributed by atoms with Gasteiger partial charge in [-0.05, 0) is 31.9 Å². The third-order valence-corrected chi connectivity index (χ3v) is 5.41. The van der Waals surface area contributed by atoms with Crippen LogP contribution in [0.15, 0.2) is 46.9 Å². The largest absolute Gasteiger partial charge is 0.376 e. The van der Waals surface area contributed by atoms with Crippen LogP contribution < -0.4 is 10.9 Å². The molecule has 7 heteroatoms. The highest BCUT2D eigenvalue weighted by atomic mass is 32.2. The van der Waals surface area contributed by atoms with E-state index in [0.29, 0.717) is 29.1 Å². The quantitative estimate of drug-likeness (QED) is 0.458. The van der Waals surface area contributed by atoms with Crippen LogP contribution >= 0.6 is 11.8 Å². The number of fused-ring (bicyclic) bond motifs is 1. The topological polar surface area (TPSA) is 73.2 Å². The minimum Gasteiger partial charge on any atom is -0.376 e. The summed E-state index contributed by atoms with van der Waals surface area (Å²) in [7, 11) is 0. The van der Waals surface area contributed by atoms with Gasteiger partial charge in [0, 0.05) is 19.7 Å². The van der Waals surface area contributed by atoms with Crippen molar-refractivity contribution in [2.45, 2.75) is 42.8 Å². The Bertz CT molecular complexity index is 859. The number of rotatable bonds is 7. The Morgan fingerprint density at radius 3 is 3.08 bits per heavy atom. The van der Waals surface area contributed by atoms with Crippen LogP contribution in [-0.2, 0) is 16.1 Å². The third-order valence-electron chi connectivity index (χ3n) is 4.32. The Labute approximate surface area is 156 Å². The van der Waals surface area contributed by atoms with Gasteiger partial charge < -0.3 is 10.1 Å². The van der Waals surface area contributed by atoms with E-state index >= 15 is 0 Å². The lowest BCUT2D eigenvalue weighted by molar-refractivity contribution is -0.120. The van der Waals surface area contributed by atoms with Crippen molar-refractivity contribution < 1.29 is 9.53 Å². The summed E-state index contributed by atoms with van der Waals surface area (Å²) in [5.74, 6) is -0.0851. The molecule has 1 aromatic heterocycles. The molecule has 0 aliphatic carbocycles. The molecule has 0 spiro atoms. The maximum Gasteiger partial charge on any atom is 0.262 e. The second-order valence-corrected chi connectivity index (χ2v) is 7.56. The number of allylic oxidation sites excluding steroid dienone is 1. The first-order chi connectivity index (χ1) is 12.6. The molecule has 0 saturated carbocycles. The molecule has 0 radical (unpaired) electrons. The van der Waals surface area contributed by atoms with Gasteiger partial charge in [0.1, 0.15) is 0 Å². The second-order valence-electron chi connectivity index (χ2n) is 6.26. The van der Waals surface area contributed by atoms with E-state index in [4.69, 9.17) is 4.74 Å². The highest BCUT2D eigenvalue weighted by Gasteiger charge is 2.21. The van der Waals surface area contributed by atoms with E-state index in [0.717, 1.165) is 19.4 Å². The summed E-state index contributed by atoms with van der Waals surface area (Å²) in [6.45, 7) is 7.17. The van der Waals surface area contributed by atoms with Gasteiger partial charge in [-0.2, -0.15) is 0 Å². The number of carbonyl (C=O) groups is 1. The van der Waals surface area contributed by atoms with Crippen molar-refractivity contribution in [3.05, 3.63) is 47.3 Å². The summed E-state index contributed by atoms with van der Waals surface area (Å²) >= 11 is 1.28. The van der Waals surface area contributed by atoms with Crippen molar-refractivity contribution in [3.8, 4) is 0 Å². The number of thioether (sulfide) groups is 1. The summed E-state index contributed by atoms with van der Waals surface area (Å²) in [6, 6.07) is 7.23. The Morgan fingerprint density at radius 2 is 2.35 bits per heavy atom. The fourth-order valence-corrected chi connectivity index (χ4v) is 3.85. The summed E-state index contributed by atoms with van der Waals surface area (Å²) < 4.78 is 7.09. The van der Waals surface area contributed by atoms with Gasteiger partial charge in [-0.3, -0.25) is 14.2 Å². The van der Waals surface area contributed by atoms with Crippen molar-refractivity contribution >= 4 is 28.6 Å². The minimum atomic E-state index is -0.375. The normalized spacial score (nSPS) is 18.0. The maximum atomic E-state index is 12.7. The standard InChI is InChI=1S/C19H23N3O3S/c1-3-10-22-18(24)15-8-4-5-9-16(15)21-19(22)26-13(2)17(23)20-12-14-7-6-11-25-14/h3-5,8-9,13-14H,1,6-7,10-12H2,2H3,(H,20,23)/t13-,14-/m1/s1. The lowest BCUT2D eigenvalue weighted by atomic mass is 10.2. The number of nitrogens with one attached hydrogen (secondary N) is 1. The molecule has 3 rings (SSSR count). The SMILES string of the molecule is C=CCn1c(S[C@H](C)C(=O)NC[C@H]2CCCO2)nc2ccccc2c1=O. The molecule has 1 fully saturated rings. The number of carbonyl (C=O) groups excluding carboxylic acids is 1. The molecule has 0 bridgehead atoms. The number of para-hydroxylation sites is 1. The van der Waals surface area contributed by atoms with Crippen LogP contribution in [0.4, 0.5) is 0 Å². The number of ether oxygens (including phenoxy) is 1. The molecular formula is C19H23N3O3S. The van der Waals surface area contributed by atoms with Gasteiger partial charge in [0.25, 0.3) is 5.56 Å². The van der Waals surface area contributed by atoms with E-state index in [9.17, 15) is 9.59 Å². The monoisotopic (exact) mass is 373 g/mol. The molecular weight excluding hydrogens is 350 g/mol.